The third-order valence-corrected chi connectivity index (χ3v) is 3.31. The van der Waals surface area contributed by atoms with E-state index in [1.807, 2.05) is 0 Å². The van der Waals surface area contributed by atoms with Crippen LogP contribution in [0.15, 0.2) is 0 Å². The number of methoxy groups -OCH3 is 1. The van der Waals surface area contributed by atoms with E-state index in [1.54, 1.807) is 7.11 Å². The van der Waals surface area contributed by atoms with Crippen LogP contribution in [0.2, 0.25) is 0 Å². The fourth-order valence-electron chi connectivity index (χ4n) is 1.86. The summed E-state index contributed by atoms with van der Waals surface area (Å²) in [5.74, 6) is 0.601. The average molecular weight is 201 g/mol. The molecule has 14 heavy (non-hydrogen) atoms. The van der Waals surface area contributed by atoms with Crippen molar-refractivity contribution in [2.45, 2.75) is 52.5 Å². The SMILES string of the molecule is CCC(CC)(CC)NCC(C)COC. The number of rotatable bonds is 8. The molecule has 0 bridgehead atoms. The molecule has 2 heteroatoms. The first kappa shape index (κ1) is 13.9. The fourth-order valence-corrected chi connectivity index (χ4v) is 1.86. The van der Waals surface area contributed by atoms with Crippen molar-refractivity contribution in [3.63, 3.8) is 0 Å². The van der Waals surface area contributed by atoms with Crippen molar-refractivity contribution in [2.75, 3.05) is 20.3 Å². The fraction of sp³-hybridized carbons (Fsp3) is 1.00. The van der Waals surface area contributed by atoms with Crippen LogP contribution in [0.4, 0.5) is 0 Å². The number of nitrogens with one attached hydrogen (secondary N) is 1. The zero-order valence-corrected chi connectivity index (χ0v) is 10.5. The summed E-state index contributed by atoms with van der Waals surface area (Å²) < 4.78 is 5.13. The molecule has 0 saturated heterocycles. The highest BCUT2D eigenvalue weighted by atomic mass is 16.5. The van der Waals surface area contributed by atoms with E-state index >= 15 is 0 Å². The maximum absolute atomic E-state index is 5.13. The van der Waals surface area contributed by atoms with Crippen molar-refractivity contribution in [1.82, 2.24) is 5.32 Å². The molecule has 0 heterocycles. The van der Waals surface area contributed by atoms with Gasteiger partial charge in [0.1, 0.15) is 0 Å². The van der Waals surface area contributed by atoms with Crippen LogP contribution >= 0.6 is 0 Å². The Morgan fingerprint density at radius 3 is 2.00 bits per heavy atom. The standard InChI is InChI=1S/C12H27NO/c1-6-12(7-2,8-3)13-9-11(4)10-14-5/h11,13H,6-10H2,1-5H3. The molecule has 0 aromatic heterocycles. The van der Waals surface area contributed by atoms with Gasteiger partial charge in [0.2, 0.25) is 0 Å². The monoisotopic (exact) mass is 201 g/mol. The Morgan fingerprint density at radius 2 is 1.64 bits per heavy atom. The molecular weight excluding hydrogens is 174 g/mol. The van der Waals surface area contributed by atoms with Gasteiger partial charge < -0.3 is 10.1 Å². The Morgan fingerprint density at radius 1 is 1.14 bits per heavy atom. The molecule has 86 valence electrons. The summed E-state index contributed by atoms with van der Waals surface area (Å²) in [5.41, 5.74) is 0.349. The van der Waals surface area contributed by atoms with Crippen molar-refractivity contribution < 1.29 is 4.74 Å². The topological polar surface area (TPSA) is 21.3 Å². The van der Waals surface area contributed by atoms with Crippen molar-refractivity contribution in [2.24, 2.45) is 5.92 Å². The highest BCUT2D eigenvalue weighted by Gasteiger charge is 2.23. The smallest absolute Gasteiger partial charge is 0.0499 e. The van der Waals surface area contributed by atoms with Gasteiger partial charge >= 0.3 is 0 Å². The van der Waals surface area contributed by atoms with Crippen LogP contribution in [0, 0.1) is 5.92 Å². The van der Waals surface area contributed by atoms with Crippen LogP contribution in [0.3, 0.4) is 0 Å². The van der Waals surface area contributed by atoms with Crippen LogP contribution in [-0.2, 0) is 4.74 Å². The van der Waals surface area contributed by atoms with Gasteiger partial charge in [0, 0.05) is 25.8 Å². The van der Waals surface area contributed by atoms with E-state index in [0.717, 1.165) is 13.2 Å². The van der Waals surface area contributed by atoms with Gasteiger partial charge in [-0.15, -0.1) is 0 Å². The van der Waals surface area contributed by atoms with Gasteiger partial charge in [-0.25, -0.2) is 0 Å². The first-order chi connectivity index (χ1) is 6.64. The Kier molecular flexibility index (Phi) is 7.20. The number of hydrogen-bond acceptors (Lipinski definition) is 2. The van der Waals surface area contributed by atoms with Gasteiger partial charge in [-0.1, -0.05) is 27.7 Å². The zero-order valence-electron chi connectivity index (χ0n) is 10.5. The van der Waals surface area contributed by atoms with E-state index in [0.29, 0.717) is 11.5 Å². The first-order valence-electron chi connectivity index (χ1n) is 5.88. The van der Waals surface area contributed by atoms with E-state index in [9.17, 15) is 0 Å². The summed E-state index contributed by atoms with van der Waals surface area (Å²) in [6.45, 7) is 10.9. The van der Waals surface area contributed by atoms with E-state index in [4.69, 9.17) is 4.74 Å². The molecule has 0 radical (unpaired) electrons. The first-order valence-corrected chi connectivity index (χ1v) is 5.88. The Labute approximate surface area is 89.4 Å². The zero-order chi connectivity index (χ0) is 11.0. The van der Waals surface area contributed by atoms with Crippen LogP contribution in [0.25, 0.3) is 0 Å². The second kappa shape index (κ2) is 7.24. The lowest BCUT2D eigenvalue weighted by atomic mass is 9.89. The van der Waals surface area contributed by atoms with Crippen molar-refractivity contribution in [3.8, 4) is 0 Å². The van der Waals surface area contributed by atoms with Gasteiger partial charge in [-0.2, -0.15) is 0 Å². The minimum absolute atomic E-state index is 0.349. The molecule has 1 atom stereocenters. The molecule has 0 saturated carbocycles. The predicted molar refractivity (Wildman–Crippen MR) is 62.6 cm³/mol. The molecule has 1 N–H and O–H groups in total. The van der Waals surface area contributed by atoms with Gasteiger partial charge in [-0.3, -0.25) is 0 Å². The van der Waals surface area contributed by atoms with E-state index in [1.165, 1.54) is 19.3 Å². The van der Waals surface area contributed by atoms with E-state index in [2.05, 4.69) is 33.0 Å². The minimum Gasteiger partial charge on any atom is -0.384 e. The van der Waals surface area contributed by atoms with Crippen molar-refractivity contribution in [3.05, 3.63) is 0 Å². The van der Waals surface area contributed by atoms with Crippen LogP contribution < -0.4 is 5.32 Å². The Balaban J connectivity index is 3.92. The predicted octanol–water partition coefficient (Wildman–Crippen LogP) is 2.83. The normalized spacial score (nSPS) is 14.4. The lowest BCUT2D eigenvalue weighted by Gasteiger charge is -2.33. The largest absolute Gasteiger partial charge is 0.384 e. The van der Waals surface area contributed by atoms with E-state index < -0.39 is 0 Å². The third-order valence-electron chi connectivity index (χ3n) is 3.31. The molecule has 0 aliphatic carbocycles. The molecule has 0 rings (SSSR count). The molecule has 0 amide bonds. The maximum atomic E-state index is 5.13. The Bertz CT molecular complexity index is 124. The van der Waals surface area contributed by atoms with Crippen LogP contribution in [-0.4, -0.2) is 25.8 Å². The van der Waals surface area contributed by atoms with Crippen molar-refractivity contribution >= 4 is 0 Å². The molecule has 0 aliphatic heterocycles. The highest BCUT2D eigenvalue weighted by molar-refractivity contribution is 4.84. The Hall–Kier alpha value is -0.0800. The van der Waals surface area contributed by atoms with Crippen molar-refractivity contribution in [1.29, 1.82) is 0 Å². The number of hydrogen-bond donors (Lipinski definition) is 1. The van der Waals surface area contributed by atoms with Gasteiger partial charge in [0.05, 0.1) is 0 Å². The summed E-state index contributed by atoms with van der Waals surface area (Å²) in [6.07, 6.45) is 3.62. The average Bonchev–Trinajstić information content (AvgIpc) is 2.21. The van der Waals surface area contributed by atoms with E-state index in [-0.39, 0.29) is 0 Å². The summed E-state index contributed by atoms with van der Waals surface area (Å²) in [6, 6.07) is 0. The van der Waals surface area contributed by atoms with Gasteiger partial charge in [-0.05, 0) is 25.2 Å². The van der Waals surface area contributed by atoms with Gasteiger partial charge in [0.25, 0.3) is 0 Å². The molecular formula is C12H27NO. The third kappa shape index (κ3) is 4.43. The molecule has 0 aromatic carbocycles. The van der Waals surface area contributed by atoms with Gasteiger partial charge in [0.15, 0.2) is 0 Å². The summed E-state index contributed by atoms with van der Waals surface area (Å²) in [7, 11) is 1.77. The summed E-state index contributed by atoms with van der Waals surface area (Å²) in [5, 5.41) is 3.69. The summed E-state index contributed by atoms with van der Waals surface area (Å²) in [4.78, 5) is 0. The molecule has 1 unspecified atom stereocenters. The second-order valence-corrected chi connectivity index (χ2v) is 4.28. The lowest BCUT2D eigenvalue weighted by Crippen LogP contribution is -2.45. The minimum atomic E-state index is 0.349. The van der Waals surface area contributed by atoms with Crippen LogP contribution in [0.1, 0.15) is 47.0 Å². The molecule has 0 fully saturated rings. The molecule has 2 nitrogen and oxygen atoms in total. The lowest BCUT2D eigenvalue weighted by molar-refractivity contribution is 0.149. The molecule has 0 aliphatic rings. The van der Waals surface area contributed by atoms with Crippen LogP contribution in [0.5, 0.6) is 0 Å². The quantitative estimate of drug-likeness (QED) is 0.652. The summed E-state index contributed by atoms with van der Waals surface area (Å²) >= 11 is 0. The maximum Gasteiger partial charge on any atom is 0.0499 e. The molecule has 0 aromatic rings. The highest BCUT2D eigenvalue weighted by Crippen LogP contribution is 2.19. The number of ether oxygens (including phenoxy) is 1. The second-order valence-electron chi connectivity index (χ2n) is 4.28. The molecule has 0 spiro atoms.